The van der Waals surface area contributed by atoms with Crippen LogP contribution in [0.1, 0.15) is 79.4 Å². The normalized spacial score (nSPS) is 14.0. The lowest BCUT2D eigenvalue weighted by Gasteiger charge is -2.25. The molecule has 188 valence electrons. The number of ether oxygens (including phenoxy) is 1. The number of esters is 1. The molecule has 3 aromatic carbocycles. The maximum absolute atomic E-state index is 13.6. The van der Waals surface area contributed by atoms with Gasteiger partial charge in [-0.05, 0) is 80.5 Å². The number of carbonyl (C=O) groups is 2. The number of amides is 1. The fourth-order valence-corrected chi connectivity index (χ4v) is 5.12. The molecule has 1 aliphatic rings. The van der Waals surface area contributed by atoms with E-state index in [1.54, 1.807) is 17.0 Å². The lowest BCUT2D eigenvalue weighted by molar-refractivity contribution is -0.153. The summed E-state index contributed by atoms with van der Waals surface area (Å²) in [6, 6.07) is 23.0. The summed E-state index contributed by atoms with van der Waals surface area (Å²) in [6.45, 7) is 6.07. The van der Waals surface area contributed by atoms with E-state index < -0.39 is 5.60 Å². The van der Waals surface area contributed by atoms with E-state index in [0.717, 1.165) is 29.7 Å². The van der Waals surface area contributed by atoms with Gasteiger partial charge in [-0.3, -0.25) is 9.59 Å². The Morgan fingerprint density at radius 1 is 0.944 bits per heavy atom. The van der Waals surface area contributed by atoms with Crippen LogP contribution in [0.5, 0.6) is 0 Å². The summed E-state index contributed by atoms with van der Waals surface area (Å²) in [6.07, 6.45) is 4.88. The van der Waals surface area contributed by atoms with Crippen LogP contribution in [-0.2, 0) is 22.5 Å². The van der Waals surface area contributed by atoms with Gasteiger partial charge < -0.3 is 9.64 Å². The highest BCUT2D eigenvalue weighted by atomic mass is 35.5. The van der Waals surface area contributed by atoms with E-state index in [0.29, 0.717) is 23.0 Å². The molecular formula is C31H34ClNO3. The van der Waals surface area contributed by atoms with E-state index in [1.807, 2.05) is 75.4 Å². The third-order valence-electron chi connectivity index (χ3n) is 6.52. The molecule has 4 nitrogen and oxygen atoms in total. The van der Waals surface area contributed by atoms with Crippen LogP contribution in [0.4, 0.5) is 5.69 Å². The molecule has 0 aliphatic heterocycles. The average molecular weight is 504 g/mol. The van der Waals surface area contributed by atoms with Gasteiger partial charge in [0.1, 0.15) is 5.60 Å². The van der Waals surface area contributed by atoms with E-state index in [4.69, 9.17) is 16.3 Å². The Morgan fingerprint density at radius 3 is 2.28 bits per heavy atom. The summed E-state index contributed by atoms with van der Waals surface area (Å²) in [5.74, 6) is 0.0631. The minimum Gasteiger partial charge on any atom is -0.460 e. The van der Waals surface area contributed by atoms with Crippen LogP contribution >= 0.6 is 11.6 Å². The minimum atomic E-state index is -0.514. The maximum atomic E-state index is 13.6. The summed E-state index contributed by atoms with van der Waals surface area (Å²) >= 11 is 6.39. The monoisotopic (exact) mass is 503 g/mol. The second-order valence-electron chi connectivity index (χ2n) is 10.5. The van der Waals surface area contributed by atoms with Gasteiger partial charge in [-0.25, -0.2) is 0 Å². The molecule has 0 saturated heterocycles. The van der Waals surface area contributed by atoms with E-state index in [-0.39, 0.29) is 18.3 Å². The number of anilines is 1. The van der Waals surface area contributed by atoms with Crippen LogP contribution in [0.2, 0.25) is 5.02 Å². The molecule has 0 aromatic heterocycles. The number of hydrogen-bond donors (Lipinski definition) is 0. The maximum Gasteiger partial charge on any atom is 0.310 e. The molecule has 0 spiro atoms. The highest BCUT2D eigenvalue weighted by molar-refractivity contribution is 6.34. The zero-order chi connectivity index (χ0) is 25.7. The third kappa shape index (κ3) is 6.55. The fourth-order valence-electron chi connectivity index (χ4n) is 4.90. The Bertz CT molecular complexity index is 1210. The van der Waals surface area contributed by atoms with Crippen molar-refractivity contribution in [2.24, 2.45) is 0 Å². The number of hydrogen-bond acceptors (Lipinski definition) is 3. The lowest BCUT2D eigenvalue weighted by atomic mass is 9.89. The molecule has 1 aliphatic carbocycles. The van der Waals surface area contributed by atoms with E-state index in [2.05, 4.69) is 6.07 Å². The lowest BCUT2D eigenvalue weighted by Crippen LogP contribution is -2.30. The molecule has 5 heteroatoms. The van der Waals surface area contributed by atoms with Crippen LogP contribution in [-0.4, -0.2) is 17.5 Å². The van der Waals surface area contributed by atoms with Gasteiger partial charge in [0.25, 0.3) is 5.91 Å². The SMILES string of the molecule is CC(C)(C)OC(=O)Cc1ccc(CN(C(=O)c2ccccc2Cl)c2ccccc2)cc1C1CCCC1. The van der Waals surface area contributed by atoms with Gasteiger partial charge in [0.05, 0.1) is 23.6 Å². The second kappa shape index (κ2) is 11.3. The van der Waals surface area contributed by atoms with Crippen molar-refractivity contribution >= 4 is 29.2 Å². The predicted octanol–water partition coefficient (Wildman–Crippen LogP) is 7.73. The molecule has 0 N–H and O–H groups in total. The number of carbonyl (C=O) groups excluding carboxylic acids is 2. The van der Waals surface area contributed by atoms with Crippen molar-refractivity contribution in [1.29, 1.82) is 0 Å². The molecule has 4 rings (SSSR count). The fraction of sp³-hybridized carbons (Fsp3) is 0.355. The smallest absolute Gasteiger partial charge is 0.310 e. The highest BCUT2D eigenvalue weighted by Crippen LogP contribution is 2.37. The van der Waals surface area contributed by atoms with Gasteiger partial charge in [-0.15, -0.1) is 0 Å². The first-order valence-corrected chi connectivity index (χ1v) is 13.0. The van der Waals surface area contributed by atoms with Gasteiger partial charge in [-0.2, -0.15) is 0 Å². The van der Waals surface area contributed by atoms with E-state index in [1.165, 1.54) is 18.4 Å². The van der Waals surface area contributed by atoms with Gasteiger partial charge in [0.15, 0.2) is 0 Å². The van der Waals surface area contributed by atoms with Gasteiger partial charge >= 0.3 is 5.97 Å². The van der Waals surface area contributed by atoms with Crippen molar-refractivity contribution in [1.82, 2.24) is 0 Å². The molecule has 1 saturated carbocycles. The summed E-state index contributed by atoms with van der Waals surface area (Å²) in [7, 11) is 0. The minimum absolute atomic E-state index is 0.146. The highest BCUT2D eigenvalue weighted by Gasteiger charge is 2.25. The van der Waals surface area contributed by atoms with Crippen molar-refractivity contribution in [3.8, 4) is 0 Å². The van der Waals surface area contributed by atoms with Crippen LogP contribution < -0.4 is 4.90 Å². The molecule has 36 heavy (non-hydrogen) atoms. The van der Waals surface area contributed by atoms with E-state index >= 15 is 0 Å². The molecule has 0 bridgehead atoms. The third-order valence-corrected chi connectivity index (χ3v) is 6.85. The number of rotatable bonds is 7. The molecule has 0 heterocycles. The van der Waals surface area contributed by atoms with Crippen LogP contribution in [0, 0.1) is 0 Å². The number of para-hydroxylation sites is 1. The number of halogens is 1. The van der Waals surface area contributed by atoms with Crippen molar-refractivity contribution in [3.63, 3.8) is 0 Å². The topological polar surface area (TPSA) is 46.6 Å². The summed E-state index contributed by atoms with van der Waals surface area (Å²) < 4.78 is 5.60. The van der Waals surface area contributed by atoms with E-state index in [9.17, 15) is 9.59 Å². The number of benzene rings is 3. The zero-order valence-electron chi connectivity index (χ0n) is 21.3. The second-order valence-corrected chi connectivity index (χ2v) is 10.9. The Balaban J connectivity index is 1.67. The molecule has 1 fully saturated rings. The Kier molecular flexibility index (Phi) is 8.15. The predicted molar refractivity (Wildman–Crippen MR) is 146 cm³/mol. The van der Waals surface area contributed by atoms with Crippen molar-refractivity contribution in [3.05, 3.63) is 100 Å². The summed E-state index contributed by atoms with van der Waals surface area (Å²) in [5, 5.41) is 0.433. The van der Waals surface area contributed by atoms with Crippen LogP contribution in [0.25, 0.3) is 0 Å². The molecular weight excluding hydrogens is 470 g/mol. The van der Waals surface area contributed by atoms with Crippen LogP contribution in [0.15, 0.2) is 72.8 Å². The Hall–Kier alpha value is -3.11. The zero-order valence-corrected chi connectivity index (χ0v) is 22.1. The van der Waals surface area contributed by atoms with Crippen LogP contribution in [0.3, 0.4) is 0 Å². The van der Waals surface area contributed by atoms with Crippen molar-refractivity contribution in [2.45, 2.75) is 70.9 Å². The standard InChI is InChI=1S/C31H34ClNO3/c1-31(2,3)36-29(34)20-24-18-17-22(19-27(24)23-11-7-8-12-23)21-33(25-13-5-4-6-14-25)30(35)26-15-9-10-16-28(26)32/h4-6,9-10,13-19,23H,7-8,11-12,20-21H2,1-3H3. The molecule has 0 unspecified atom stereocenters. The first-order valence-electron chi connectivity index (χ1n) is 12.7. The Morgan fingerprint density at radius 2 is 1.61 bits per heavy atom. The van der Waals surface area contributed by atoms with Gasteiger partial charge in [0, 0.05) is 5.69 Å². The first-order chi connectivity index (χ1) is 17.2. The van der Waals surface area contributed by atoms with Crippen molar-refractivity contribution < 1.29 is 14.3 Å². The van der Waals surface area contributed by atoms with Gasteiger partial charge in [0.2, 0.25) is 0 Å². The summed E-state index contributed by atoms with van der Waals surface area (Å²) in [4.78, 5) is 28.0. The molecule has 0 atom stereocenters. The quantitative estimate of drug-likeness (QED) is 0.310. The summed E-state index contributed by atoms with van der Waals surface area (Å²) in [5.41, 5.74) is 4.01. The van der Waals surface area contributed by atoms with Gasteiger partial charge in [-0.1, -0.05) is 73.0 Å². The molecule has 3 aromatic rings. The molecule has 0 radical (unpaired) electrons. The van der Waals surface area contributed by atoms with Crippen molar-refractivity contribution in [2.75, 3.05) is 4.90 Å². The first kappa shape index (κ1) is 26.0. The average Bonchev–Trinajstić information content (AvgIpc) is 3.37. The largest absolute Gasteiger partial charge is 0.460 e. The molecule has 1 amide bonds. The Labute approximate surface area is 219 Å². The number of nitrogens with zero attached hydrogens (tertiary/aromatic N) is 1.